The van der Waals surface area contributed by atoms with Gasteiger partial charge in [-0.1, -0.05) is 18.2 Å². The molecule has 3 rings (SSSR count). The number of methoxy groups -OCH3 is 1. The molecule has 0 radical (unpaired) electrons. The Kier molecular flexibility index (Phi) is 9.41. The Morgan fingerprint density at radius 3 is 2.77 bits per heavy atom. The van der Waals surface area contributed by atoms with Gasteiger partial charge in [-0.15, -0.1) is 24.0 Å². The number of alkyl halides is 2. The molecule has 0 saturated heterocycles. The zero-order chi connectivity index (χ0) is 20.6. The molecule has 2 N–H and O–H groups in total. The SMILES string of the molecule is CN=C(NCc1cc(OC)ccc1OC(F)F)NCC1CCOc2ccccc21.I. The average molecular weight is 533 g/mol. The summed E-state index contributed by atoms with van der Waals surface area (Å²) in [6.07, 6.45) is 0.906. The van der Waals surface area contributed by atoms with Gasteiger partial charge in [-0.25, -0.2) is 0 Å². The van der Waals surface area contributed by atoms with Crippen LogP contribution in [0.5, 0.6) is 17.2 Å². The molecular formula is C21H26F2IN3O3. The average Bonchev–Trinajstić information content (AvgIpc) is 2.74. The van der Waals surface area contributed by atoms with E-state index in [9.17, 15) is 8.78 Å². The second-order valence-corrected chi connectivity index (χ2v) is 6.53. The number of guanidine groups is 1. The summed E-state index contributed by atoms with van der Waals surface area (Å²) in [7, 11) is 3.18. The number of nitrogens with one attached hydrogen (secondary N) is 2. The van der Waals surface area contributed by atoms with Crippen molar-refractivity contribution in [3.63, 3.8) is 0 Å². The van der Waals surface area contributed by atoms with E-state index in [1.807, 2.05) is 18.2 Å². The van der Waals surface area contributed by atoms with Crippen molar-refractivity contribution in [2.24, 2.45) is 4.99 Å². The van der Waals surface area contributed by atoms with E-state index < -0.39 is 6.61 Å². The van der Waals surface area contributed by atoms with E-state index in [2.05, 4.69) is 26.4 Å². The topological polar surface area (TPSA) is 64.1 Å². The summed E-state index contributed by atoms with van der Waals surface area (Å²) in [6, 6.07) is 12.7. The normalized spacial score (nSPS) is 15.5. The van der Waals surface area contributed by atoms with Crippen LogP contribution in [0.4, 0.5) is 8.78 Å². The highest BCUT2D eigenvalue weighted by Crippen LogP contribution is 2.32. The Bertz CT molecular complexity index is 852. The molecule has 1 heterocycles. The van der Waals surface area contributed by atoms with Crippen molar-refractivity contribution in [1.29, 1.82) is 0 Å². The molecule has 9 heteroatoms. The van der Waals surface area contributed by atoms with Crippen LogP contribution >= 0.6 is 24.0 Å². The largest absolute Gasteiger partial charge is 0.497 e. The van der Waals surface area contributed by atoms with Gasteiger partial charge in [0.2, 0.25) is 0 Å². The number of nitrogens with zero attached hydrogens (tertiary/aromatic N) is 1. The summed E-state index contributed by atoms with van der Waals surface area (Å²) in [5, 5.41) is 6.44. The smallest absolute Gasteiger partial charge is 0.387 e. The van der Waals surface area contributed by atoms with Crippen molar-refractivity contribution < 1.29 is 23.0 Å². The van der Waals surface area contributed by atoms with Crippen LogP contribution in [0.2, 0.25) is 0 Å². The lowest BCUT2D eigenvalue weighted by molar-refractivity contribution is -0.0504. The van der Waals surface area contributed by atoms with Crippen molar-refractivity contribution in [3.8, 4) is 17.2 Å². The van der Waals surface area contributed by atoms with Crippen molar-refractivity contribution in [2.45, 2.75) is 25.5 Å². The van der Waals surface area contributed by atoms with Crippen LogP contribution in [-0.4, -0.2) is 39.9 Å². The van der Waals surface area contributed by atoms with Gasteiger partial charge in [0, 0.05) is 31.6 Å². The number of rotatable bonds is 7. The molecule has 0 spiro atoms. The molecule has 2 aromatic carbocycles. The predicted molar refractivity (Wildman–Crippen MR) is 123 cm³/mol. The molecule has 164 valence electrons. The molecule has 0 aromatic heterocycles. The zero-order valence-electron chi connectivity index (χ0n) is 16.9. The van der Waals surface area contributed by atoms with Gasteiger partial charge in [0.25, 0.3) is 0 Å². The summed E-state index contributed by atoms with van der Waals surface area (Å²) in [5.74, 6) is 2.44. The van der Waals surface area contributed by atoms with Crippen molar-refractivity contribution in [1.82, 2.24) is 10.6 Å². The highest BCUT2D eigenvalue weighted by molar-refractivity contribution is 14.0. The Balaban J connectivity index is 0.00000320. The Labute approximate surface area is 192 Å². The van der Waals surface area contributed by atoms with Crippen molar-refractivity contribution in [3.05, 3.63) is 53.6 Å². The Morgan fingerprint density at radius 2 is 2.03 bits per heavy atom. The van der Waals surface area contributed by atoms with Gasteiger partial charge in [-0.05, 0) is 36.2 Å². The second-order valence-electron chi connectivity index (χ2n) is 6.53. The van der Waals surface area contributed by atoms with E-state index in [1.54, 1.807) is 19.2 Å². The molecule has 0 bridgehead atoms. The van der Waals surface area contributed by atoms with Gasteiger partial charge in [-0.3, -0.25) is 4.99 Å². The third-order valence-corrected chi connectivity index (χ3v) is 4.75. The van der Waals surface area contributed by atoms with Crippen LogP contribution in [0.3, 0.4) is 0 Å². The first-order valence-electron chi connectivity index (χ1n) is 9.38. The minimum atomic E-state index is -2.90. The van der Waals surface area contributed by atoms with E-state index in [-0.39, 0.29) is 36.3 Å². The highest BCUT2D eigenvalue weighted by atomic mass is 127. The fraction of sp³-hybridized carbons (Fsp3) is 0.381. The molecule has 6 nitrogen and oxygen atoms in total. The molecule has 0 aliphatic carbocycles. The monoisotopic (exact) mass is 533 g/mol. The fourth-order valence-corrected chi connectivity index (χ4v) is 3.28. The molecular weight excluding hydrogens is 507 g/mol. The van der Waals surface area contributed by atoms with Crippen LogP contribution in [0.25, 0.3) is 0 Å². The maximum atomic E-state index is 12.7. The zero-order valence-corrected chi connectivity index (χ0v) is 19.2. The van der Waals surface area contributed by atoms with E-state index in [4.69, 9.17) is 9.47 Å². The summed E-state index contributed by atoms with van der Waals surface area (Å²) in [4.78, 5) is 4.22. The van der Waals surface area contributed by atoms with Gasteiger partial charge in [0.15, 0.2) is 5.96 Å². The molecule has 30 heavy (non-hydrogen) atoms. The van der Waals surface area contributed by atoms with Crippen LogP contribution in [0.15, 0.2) is 47.5 Å². The molecule has 2 aromatic rings. The molecule has 0 fully saturated rings. The minimum Gasteiger partial charge on any atom is -0.497 e. The maximum absolute atomic E-state index is 12.7. The maximum Gasteiger partial charge on any atom is 0.387 e. The number of ether oxygens (including phenoxy) is 3. The first-order chi connectivity index (χ1) is 14.1. The second kappa shape index (κ2) is 11.8. The molecule has 1 aliphatic rings. The van der Waals surface area contributed by atoms with E-state index in [0.29, 0.717) is 36.3 Å². The number of aliphatic imine (C=N–C) groups is 1. The summed E-state index contributed by atoms with van der Waals surface area (Å²) in [6.45, 7) is -1.29. The van der Waals surface area contributed by atoms with Gasteiger partial charge in [0.1, 0.15) is 17.2 Å². The summed E-state index contributed by atoms with van der Waals surface area (Å²) in [5.41, 5.74) is 1.71. The lowest BCUT2D eigenvalue weighted by Crippen LogP contribution is -2.39. The van der Waals surface area contributed by atoms with Gasteiger partial charge in [0.05, 0.1) is 13.7 Å². The number of benzene rings is 2. The quantitative estimate of drug-likeness (QED) is 0.318. The fourth-order valence-electron chi connectivity index (χ4n) is 3.28. The van der Waals surface area contributed by atoms with Gasteiger partial charge < -0.3 is 24.8 Å². The molecule has 1 aliphatic heterocycles. The molecule has 0 amide bonds. The first kappa shape index (κ1) is 24.0. The summed E-state index contributed by atoms with van der Waals surface area (Å²) < 4.78 is 40.8. The van der Waals surface area contributed by atoms with Crippen LogP contribution in [0, 0.1) is 0 Å². The third kappa shape index (κ3) is 6.35. The number of halogens is 3. The standard InChI is InChI=1S/C21H25F2N3O3.HI/c1-24-21(25-12-14-9-10-28-19-6-4-3-5-17(14)19)26-13-15-11-16(27-2)7-8-18(15)29-20(22)23;/h3-8,11,14,20H,9-10,12-13H2,1-2H3,(H2,24,25,26);1H. The lowest BCUT2D eigenvalue weighted by Gasteiger charge is -2.26. The molecule has 1 atom stereocenters. The van der Waals surface area contributed by atoms with Crippen LogP contribution < -0.4 is 24.8 Å². The van der Waals surface area contributed by atoms with Gasteiger partial charge in [-0.2, -0.15) is 8.78 Å². The van der Waals surface area contributed by atoms with Gasteiger partial charge >= 0.3 is 6.61 Å². The van der Waals surface area contributed by atoms with E-state index in [1.165, 1.54) is 18.7 Å². The first-order valence-corrected chi connectivity index (χ1v) is 9.38. The number of hydrogen-bond donors (Lipinski definition) is 2. The number of para-hydroxylation sites is 1. The number of fused-ring (bicyclic) bond motifs is 1. The van der Waals surface area contributed by atoms with Crippen LogP contribution in [0.1, 0.15) is 23.5 Å². The Morgan fingerprint density at radius 1 is 1.23 bits per heavy atom. The van der Waals surface area contributed by atoms with Crippen molar-refractivity contribution >= 4 is 29.9 Å². The molecule has 1 unspecified atom stereocenters. The number of hydrogen-bond acceptors (Lipinski definition) is 4. The lowest BCUT2D eigenvalue weighted by atomic mass is 9.93. The Hall–Kier alpha value is -2.30. The summed E-state index contributed by atoms with van der Waals surface area (Å²) >= 11 is 0. The third-order valence-electron chi connectivity index (χ3n) is 4.75. The van der Waals surface area contributed by atoms with Crippen LogP contribution in [-0.2, 0) is 6.54 Å². The van der Waals surface area contributed by atoms with Crippen molar-refractivity contribution in [2.75, 3.05) is 27.3 Å². The molecule has 0 saturated carbocycles. The predicted octanol–water partition coefficient (Wildman–Crippen LogP) is 4.15. The van der Waals surface area contributed by atoms with E-state index >= 15 is 0 Å². The van der Waals surface area contributed by atoms with E-state index in [0.717, 1.165) is 12.2 Å². The highest BCUT2D eigenvalue weighted by Gasteiger charge is 2.21. The minimum absolute atomic E-state index is 0.